The highest BCUT2D eigenvalue weighted by Gasteiger charge is 2.30. The summed E-state index contributed by atoms with van der Waals surface area (Å²) >= 11 is 6.04. The van der Waals surface area contributed by atoms with Gasteiger partial charge in [-0.3, -0.25) is 4.79 Å². The van der Waals surface area contributed by atoms with Gasteiger partial charge in [0.15, 0.2) is 12.4 Å². The van der Waals surface area contributed by atoms with Gasteiger partial charge < -0.3 is 14.2 Å². The highest BCUT2D eigenvalue weighted by Crippen LogP contribution is 2.31. The van der Waals surface area contributed by atoms with Crippen LogP contribution in [-0.2, 0) is 19.2 Å². The number of aromatic nitrogens is 2. The van der Waals surface area contributed by atoms with Crippen molar-refractivity contribution in [3.63, 3.8) is 0 Å². The summed E-state index contributed by atoms with van der Waals surface area (Å²) in [6.45, 7) is 0.139. The predicted molar refractivity (Wildman–Crippen MR) is 102 cm³/mol. The normalized spacial score (nSPS) is 11.4. The van der Waals surface area contributed by atoms with Crippen molar-refractivity contribution in [3.8, 4) is 5.75 Å². The molecule has 3 aromatic rings. The van der Waals surface area contributed by atoms with Gasteiger partial charge in [-0.25, -0.2) is 0 Å². The molecule has 6 nitrogen and oxygen atoms in total. The lowest BCUT2D eigenvalue weighted by Gasteiger charge is -2.16. The van der Waals surface area contributed by atoms with Crippen molar-refractivity contribution >= 4 is 17.5 Å². The van der Waals surface area contributed by atoms with Crippen molar-refractivity contribution in [1.29, 1.82) is 0 Å². The first-order valence-corrected chi connectivity index (χ1v) is 9.23. The molecule has 0 fully saturated rings. The molecule has 1 amide bonds. The fourth-order valence-electron chi connectivity index (χ4n) is 2.57. The van der Waals surface area contributed by atoms with Crippen LogP contribution in [-0.4, -0.2) is 34.5 Å². The number of carbonyl (C=O) groups excluding carboxylic acids is 1. The number of nitrogens with zero attached hydrogens (tertiary/aromatic N) is 3. The van der Waals surface area contributed by atoms with Gasteiger partial charge in [-0.15, -0.1) is 0 Å². The largest absolute Gasteiger partial charge is 0.484 e. The Hall–Kier alpha value is -3.07. The van der Waals surface area contributed by atoms with Crippen LogP contribution in [0, 0.1) is 0 Å². The Kier molecular flexibility index (Phi) is 6.61. The third-order valence-electron chi connectivity index (χ3n) is 4.16. The van der Waals surface area contributed by atoms with E-state index in [1.54, 1.807) is 31.3 Å². The molecule has 0 saturated carbocycles. The number of carbonyl (C=O) groups is 1. The standard InChI is InChI=1S/C20H17ClF3N3O3/c1-27(19(28)15-7-2-3-8-16(15)21)10-9-17-25-18(30-26-17)12-29-14-6-4-5-13(11-14)20(22,23)24/h2-8,11H,9-10,12H2,1H3. The van der Waals surface area contributed by atoms with Crippen LogP contribution in [0.4, 0.5) is 13.2 Å². The average Bonchev–Trinajstić information content (AvgIpc) is 3.18. The summed E-state index contributed by atoms with van der Waals surface area (Å²) in [5.41, 5.74) is -0.414. The van der Waals surface area contributed by atoms with Crippen LogP contribution >= 0.6 is 11.6 Å². The van der Waals surface area contributed by atoms with E-state index in [4.69, 9.17) is 20.9 Å². The summed E-state index contributed by atoms with van der Waals surface area (Å²) in [5.74, 6) is 0.255. The molecule has 0 bridgehead atoms. The molecule has 30 heavy (non-hydrogen) atoms. The second-order valence-corrected chi connectivity index (χ2v) is 6.78. The molecule has 1 aromatic heterocycles. The molecule has 0 radical (unpaired) electrons. The number of hydrogen-bond donors (Lipinski definition) is 0. The first kappa shape index (κ1) is 21.6. The van der Waals surface area contributed by atoms with E-state index in [0.29, 0.717) is 29.4 Å². The van der Waals surface area contributed by atoms with Crippen LogP contribution in [0.5, 0.6) is 5.75 Å². The third-order valence-corrected chi connectivity index (χ3v) is 4.49. The molecule has 0 aliphatic heterocycles. The predicted octanol–water partition coefficient (Wildman–Crippen LogP) is 4.64. The number of ether oxygens (including phenoxy) is 1. The highest BCUT2D eigenvalue weighted by atomic mass is 35.5. The van der Waals surface area contributed by atoms with E-state index in [1.807, 2.05) is 0 Å². The van der Waals surface area contributed by atoms with Gasteiger partial charge in [0, 0.05) is 20.0 Å². The number of halogens is 4. The lowest BCUT2D eigenvalue weighted by atomic mass is 10.2. The van der Waals surface area contributed by atoms with E-state index in [0.717, 1.165) is 12.1 Å². The van der Waals surface area contributed by atoms with Crippen molar-refractivity contribution in [2.75, 3.05) is 13.6 Å². The molecule has 2 aromatic carbocycles. The first-order chi connectivity index (χ1) is 14.2. The van der Waals surface area contributed by atoms with E-state index in [9.17, 15) is 18.0 Å². The summed E-state index contributed by atoms with van der Waals surface area (Å²) in [7, 11) is 1.63. The Morgan fingerprint density at radius 3 is 2.70 bits per heavy atom. The number of likely N-dealkylation sites (N-methyl/N-ethyl adjacent to an activating group) is 1. The smallest absolute Gasteiger partial charge is 0.416 e. The van der Waals surface area contributed by atoms with Gasteiger partial charge >= 0.3 is 6.18 Å². The Morgan fingerprint density at radius 1 is 1.20 bits per heavy atom. The summed E-state index contributed by atoms with van der Waals surface area (Å²) in [4.78, 5) is 18.0. The molecule has 0 spiro atoms. The zero-order valence-electron chi connectivity index (χ0n) is 15.8. The van der Waals surface area contributed by atoms with Crippen LogP contribution in [0.2, 0.25) is 5.02 Å². The molecule has 158 valence electrons. The molecule has 0 aliphatic carbocycles. The zero-order chi connectivity index (χ0) is 21.7. The van der Waals surface area contributed by atoms with Gasteiger partial charge in [0.1, 0.15) is 5.75 Å². The molecule has 1 heterocycles. The summed E-state index contributed by atoms with van der Waals surface area (Å²) in [6, 6.07) is 11.2. The summed E-state index contributed by atoms with van der Waals surface area (Å²) in [5, 5.41) is 4.16. The van der Waals surface area contributed by atoms with Crippen molar-refractivity contribution in [2.24, 2.45) is 0 Å². The second-order valence-electron chi connectivity index (χ2n) is 6.38. The Bertz CT molecular complexity index is 1020. The van der Waals surface area contributed by atoms with Crippen LogP contribution in [0.25, 0.3) is 0 Å². The lowest BCUT2D eigenvalue weighted by Crippen LogP contribution is -2.29. The number of amides is 1. The number of alkyl halides is 3. The molecular formula is C20H17ClF3N3O3. The van der Waals surface area contributed by atoms with Crippen molar-refractivity contribution in [3.05, 3.63) is 76.4 Å². The lowest BCUT2D eigenvalue weighted by molar-refractivity contribution is -0.137. The van der Waals surface area contributed by atoms with Gasteiger partial charge in [-0.1, -0.05) is 35.0 Å². The Balaban J connectivity index is 1.53. The van der Waals surface area contributed by atoms with E-state index in [2.05, 4.69) is 10.1 Å². The number of rotatable bonds is 7. The molecule has 0 saturated heterocycles. The second kappa shape index (κ2) is 9.17. The Labute approximate surface area is 175 Å². The molecule has 0 atom stereocenters. The average molecular weight is 440 g/mol. The minimum absolute atomic E-state index is 0.0367. The fraction of sp³-hybridized carbons (Fsp3) is 0.250. The van der Waals surface area contributed by atoms with Gasteiger partial charge in [-0.05, 0) is 30.3 Å². The van der Waals surface area contributed by atoms with Gasteiger partial charge in [-0.2, -0.15) is 18.2 Å². The van der Waals surface area contributed by atoms with Crippen LogP contribution in [0.15, 0.2) is 53.1 Å². The Morgan fingerprint density at radius 2 is 1.97 bits per heavy atom. The van der Waals surface area contributed by atoms with E-state index >= 15 is 0 Å². The topological polar surface area (TPSA) is 68.5 Å². The van der Waals surface area contributed by atoms with Crippen LogP contribution in [0.3, 0.4) is 0 Å². The van der Waals surface area contributed by atoms with Gasteiger partial charge in [0.05, 0.1) is 16.1 Å². The molecule has 10 heteroatoms. The molecular weight excluding hydrogens is 423 g/mol. The van der Waals surface area contributed by atoms with E-state index in [-0.39, 0.29) is 24.2 Å². The molecule has 0 unspecified atom stereocenters. The maximum Gasteiger partial charge on any atom is 0.416 e. The first-order valence-electron chi connectivity index (χ1n) is 8.85. The van der Waals surface area contributed by atoms with Crippen LogP contribution < -0.4 is 4.74 Å². The number of benzene rings is 2. The van der Waals surface area contributed by atoms with Crippen molar-refractivity contribution in [2.45, 2.75) is 19.2 Å². The quantitative estimate of drug-likeness (QED) is 0.536. The molecule has 0 N–H and O–H groups in total. The number of hydrogen-bond acceptors (Lipinski definition) is 5. The minimum atomic E-state index is -4.45. The summed E-state index contributed by atoms with van der Waals surface area (Å²) in [6.07, 6.45) is -4.13. The monoisotopic (exact) mass is 439 g/mol. The third kappa shape index (κ3) is 5.50. The minimum Gasteiger partial charge on any atom is -0.484 e. The van der Waals surface area contributed by atoms with Crippen molar-refractivity contribution < 1.29 is 27.2 Å². The molecule has 3 rings (SSSR count). The SMILES string of the molecule is CN(CCc1noc(COc2cccc(C(F)(F)F)c2)n1)C(=O)c1ccccc1Cl. The van der Waals surface area contributed by atoms with E-state index < -0.39 is 11.7 Å². The molecule has 0 aliphatic rings. The maximum absolute atomic E-state index is 12.7. The van der Waals surface area contributed by atoms with Crippen molar-refractivity contribution in [1.82, 2.24) is 15.0 Å². The fourth-order valence-corrected chi connectivity index (χ4v) is 2.78. The zero-order valence-corrected chi connectivity index (χ0v) is 16.6. The summed E-state index contributed by atoms with van der Waals surface area (Å²) < 4.78 is 48.6. The van der Waals surface area contributed by atoms with Gasteiger partial charge in [0.2, 0.25) is 0 Å². The maximum atomic E-state index is 12.7. The highest BCUT2D eigenvalue weighted by molar-refractivity contribution is 6.33. The van der Waals surface area contributed by atoms with Gasteiger partial charge in [0.25, 0.3) is 11.8 Å². The van der Waals surface area contributed by atoms with E-state index in [1.165, 1.54) is 17.0 Å². The van der Waals surface area contributed by atoms with Crippen LogP contribution in [0.1, 0.15) is 27.6 Å².